The van der Waals surface area contributed by atoms with Gasteiger partial charge in [0.25, 0.3) is 5.88 Å². The normalized spacial score (nSPS) is 13.9. The van der Waals surface area contributed by atoms with Crippen molar-refractivity contribution < 1.29 is 17.9 Å². The van der Waals surface area contributed by atoms with Crippen LogP contribution in [0, 0.1) is 0 Å². The Bertz CT molecular complexity index is 537. The molecule has 2 N–H and O–H groups in total. The van der Waals surface area contributed by atoms with Crippen LogP contribution in [0.1, 0.15) is 6.92 Å². The van der Waals surface area contributed by atoms with E-state index in [4.69, 9.17) is 10.5 Å². The molecule has 2 aromatic heterocycles. The van der Waals surface area contributed by atoms with E-state index in [0.717, 1.165) is 6.92 Å². The van der Waals surface area contributed by atoms with Gasteiger partial charge in [-0.2, -0.15) is 18.2 Å². The lowest BCUT2D eigenvalue weighted by atomic mass is 10.4. The predicted octanol–water partition coefficient (Wildman–Crippen LogP) is 1.64. The van der Waals surface area contributed by atoms with E-state index in [2.05, 4.69) is 9.97 Å². The number of aromatic nitrogens is 3. The predicted molar refractivity (Wildman–Crippen MR) is 53.5 cm³/mol. The van der Waals surface area contributed by atoms with E-state index in [9.17, 15) is 13.2 Å². The van der Waals surface area contributed by atoms with Crippen LogP contribution in [-0.2, 0) is 0 Å². The first kappa shape index (κ1) is 11.5. The molecule has 2 rings (SSSR count). The van der Waals surface area contributed by atoms with Gasteiger partial charge in [-0.25, -0.2) is 4.98 Å². The number of nitrogen functional groups attached to an aromatic ring is 1. The summed E-state index contributed by atoms with van der Waals surface area (Å²) in [5, 5.41) is 0. The average molecular weight is 246 g/mol. The molecule has 0 aliphatic carbocycles. The molecular formula is C9H9F3N4O. The fraction of sp³-hybridized carbons (Fsp3) is 0.333. The number of hydrogen-bond donors (Lipinski definition) is 1. The second kappa shape index (κ2) is 3.79. The van der Waals surface area contributed by atoms with E-state index >= 15 is 0 Å². The molecule has 5 nitrogen and oxygen atoms in total. The van der Waals surface area contributed by atoms with Crippen LogP contribution in [0.25, 0.3) is 5.65 Å². The van der Waals surface area contributed by atoms with E-state index in [1.807, 2.05) is 0 Å². The molecule has 92 valence electrons. The number of rotatable bonds is 2. The Morgan fingerprint density at radius 2 is 2.18 bits per heavy atom. The lowest BCUT2D eigenvalue weighted by Gasteiger charge is -2.17. The molecular weight excluding hydrogens is 237 g/mol. The van der Waals surface area contributed by atoms with Crippen LogP contribution in [0.4, 0.5) is 19.0 Å². The van der Waals surface area contributed by atoms with Crippen molar-refractivity contribution in [2.24, 2.45) is 0 Å². The van der Waals surface area contributed by atoms with Crippen LogP contribution in [0.5, 0.6) is 5.88 Å². The second-order valence-corrected chi connectivity index (χ2v) is 3.43. The number of nitrogens with zero attached hydrogens (tertiary/aromatic N) is 3. The van der Waals surface area contributed by atoms with Gasteiger partial charge in [-0.3, -0.25) is 4.40 Å². The molecule has 0 aliphatic heterocycles. The monoisotopic (exact) mass is 246 g/mol. The third-order valence-corrected chi connectivity index (χ3v) is 2.11. The smallest absolute Gasteiger partial charge is 0.425 e. The summed E-state index contributed by atoms with van der Waals surface area (Å²) in [7, 11) is 0. The Morgan fingerprint density at radius 3 is 2.82 bits per heavy atom. The number of anilines is 1. The zero-order valence-corrected chi connectivity index (χ0v) is 8.77. The van der Waals surface area contributed by atoms with E-state index in [-0.39, 0.29) is 17.3 Å². The van der Waals surface area contributed by atoms with E-state index in [1.165, 1.54) is 16.8 Å². The first-order chi connectivity index (χ1) is 7.88. The molecule has 0 aromatic carbocycles. The second-order valence-electron chi connectivity index (χ2n) is 3.43. The van der Waals surface area contributed by atoms with Crippen molar-refractivity contribution in [1.82, 2.24) is 14.4 Å². The molecule has 17 heavy (non-hydrogen) atoms. The SMILES string of the molecule is CC(Oc1nc(N)cn2ccnc12)C(F)(F)F. The zero-order valence-electron chi connectivity index (χ0n) is 8.77. The average Bonchev–Trinajstić information content (AvgIpc) is 2.63. The highest BCUT2D eigenvalue weighted by Crippen LogP contribution is 2.26. The zero-order chi connectivity index (χ0) is 12.6. The lowest BCUT2D eigenvalue weighted by molar-refractivity contribution is -0.189. The minimum absolute atomic E-state index is 0.0554. The van der Waals surface area contributed by atoms with Crippen LogP contribution < -0.4 is 10.5 Å². The molecule has 0 radical (unpaired) electrons. The fourth-order valence-corrected chi connectivity index (χ4v) is 1.23. The van der Waals surface area contributed by atoms with Gasteiger partial charge in [0.15, 0.2) is 6.10 Å². The van der Waals surface area contributed by atoms with Crippen molar-refractivity contribution in [3.05, 3.63) is 18.6 Å². The Labute approximate surface area is 94.0 Å². The number of fused-ring (bicyclic) bond motifs is 1. The van der Waals surface area contributed by atoms with E-state index < -0.39 is 12.3 Å². The van der Waals surface area contributed by atoms with Gasteiger partial charge in [-0.15, -0.1) is 0 Å². The standard InChI is InChI=1S/C9H9F3N4O/c1-5(9(10,11)12)17-8-7-14-2-3-16(7)4-6(13)15-8/h2-5H,13H2,1H3. The third-order valence-electron chi connectivity index (χ3n) is 2.11. The first-order valence-electron chi connectivity index (χ1n) is 4.70. The molecule has 1 unspecified atom stereocenters. The van der Waals surface area contributed by atoms with Crippen LogP contribution >= 0.6 is 0 Å². The summed E-state index contributed by atoms with van der Waals surface area (Å²) in [4.78, 5) is 7.55. The van der Waals surface area contributed by atoms with Crippen LogP contribution in [0.2, 0.25) is 0 Å². The Hall–Kier alpha value is -1.99. The third kappa shape index (κ3) is 2.24. The fourth-order valence-electron chi connectivity index (χ4n) is 1.23. The summed E-state index contributed by atoms with van der Waals surface area (Å²) in [6.07, 6.45) is -2.04. The summed E-state index contributed by atoms with van der Waals surface area (Å²) in [5.74, 6) is -0.181. The maximum atomic E-state index is 12.4. The number of imidazole rings is 1. The number of halogens is 3. The molecule has 1 atom stereocenters. The molecule has 2 aromatic rings. The van der Waals surface area contributed by atoms with Gasteiger partial charge in [0.1, 0.15) is 5.82 Å². The Kier molecular flexibility index (Phi) is 2.56. The van der Waals surface area contributed by atoms with Crippen LogP contribution in [0.15, 0.2) is 18.6 Å². The van der Waals surface area contributed by atoms with Gasteiger partial charge >= 0.3 is 6.18 Å². The van der Waals surface area contributed by atoms with Gasteiger partial charge < -0.3 is 10.5 Å². The topological polar surface area (TPSA) is 65.4 Å². The number of hydrogen-bond acceptors (Lipinski definition) is 4. The maximum absolute atomic E-state index is 12.4. The van der Waals surface area contributed by atoms with E-state index in [0.29, 0.717) is 0 Å². The van der Waals surface area contributed by atoms with Gasteiger partial charge in [-0.05, 0) is 6.92 Å². The van der Waals surface area contributed by atoms with Crippen molar-refractivity contribution in [3.8, 4) is 5.88 Å². The van der Waals surface area contributed by atoms with E-state index in [1.54, 1.807) is 6.20 Å². The maximum Gasteiger partial charge on any atom is 0.425 e. The summed E-state index contributed by atoms with van der Waals surface area (Å²) in [6, 6.07) is 0. The number of ether oxygens (including phenoxy) is 1. The summed E-state index contributed by atoms with van der Waals surface area (Å²) < 4.78 is 43.2. The first-order valence-corrected chi connectivity index (χ1v) is 4.70. The largest absolute Gasteiger partial charge is 0.462 e. The molecule has 8 heteroatoms. The van der Waals surface area contributed by atoms with Crippen molar-refractivity contribution in [2.75, 3.05) is 5.73 Å². The highest BCUT2D eigenvalue weighted by molar-refractivity contribution is 5.52. The van der Waals surface area contributed by atoms with Crippen molar-refractivity contribution >= 4 is 11.5 Å². The highest BCUT2D eigenvalue weighted by Gasteiger charge is 2.38. The summed E-state index contributed by atoms with van der Waals surface area (Å²) in [6.45, 7) is 0.893. The number of alkyl halides is 3. The lowest BCUT2D eigenvalue weighted by Crippen LogP contribution is -2.31. The molecule has 0 saturated carbocycles. The van der Waals surface area contributed by atoms with Crippen molar-refractivity contribution in [2.45, 2.75) is 19.2 Å². The minimum Gasteiger partial charge on any atom is -0.462 e. The van der Waals surface area contributed by atoms with Crippen molar-refractivity contribution in [3.63, 3.8) is 0 Å². The summed E-state index contributed by atoms with van der Waals surface area (Å²) in [5.41, 5.74) is 5.64. The van der Waals surface area contributed by atoms with Crippen LogP contribution in [-0.4, -0.2) is 26.6 Å². The molecule has 0 fully saturated rings. The molecule has 0 saturated heterocycles. The van der Waals surface area contributed by atoms with Crippen LogP contribution in [0.3, 0.4) is 0 Å². The van der Waals surface area contributed by atoms with Crippen molar-refractivity contribution in [1.29, 1.82) is 0 Å². The quantitative estimate of drug-likeness (QED) is 0.874. The van der Waals surface area contributed by atoms with Gasteiger partial charge in [0.2, 0.25) is 5.65 Å². The van der Waals surface area contributed by atoms with Gasteiger partial charge in [0, 0.05) is 12.4 Å². The molecule has 0 aliphatic rings. The highest BCUT2D eigenvalue weighted by atomic mass is 19.4. The minimum atomic E-state index is -4.46. The summed E-state index contributed by atoms with van der Waals surface area (Å²) >= 11 is 0. The molecule has 2 heterocycles. The Morgan fingerprint density at radius 1 is 1.47 bits per heavy atom. The Balaban J connectivity index is 2.38. The molecule has 0 spiro atoms. The molecule has 0 bridgehead atoms. The molecule has 0 amide bonds. The van der Waals surface area contributed by atoms with Gasteiger partial charge in [0.05, 0.1) is 6.20 Å². The van der Waals surface area contributed by atoms with Gasteiger partial charge in [-0.1, -0.05) is 0 Å². The number of nitrogens with two attached hydrogens (primary N) is 1.